The molecule has 0 fully saturated rings. The van der Waals surface area contributed by atoms with Crippen LogP contribution in [-0.2, 0) is 13.1 Å². The van der Waals surface area contributed by atoms with Crippen LogP contribution >= 0.6 is 11.3 Å². The van der Waals surface area contributed by atoms with Gasteiger partial charge < -0.3 is 5.32 Å². The number of rotatable bonds is 7. The molecule has 4 heteroatoms. The third kappa shape index (κ3) is 4.88. The van der Waals surface area contributed by atoms with E-state index in [1.165, 1.54) is 10.6 Å². The molecule has 0 radical (unpaired) electrons. The molecule has 0 amide bonds. The van der Waals surface area contributed by atoms with Crippen molar-refractivity contribution in [3.63, 3.8) is 0 Å². The molecule has 90 valence electrons. The summed E-state index contributed by atoms with van der Waals surface area (Å²) in [6, 6.07) is 0. The van der Waals surface area contributed by atoms with E-state index in [1.54, 1.807) is 11.3 Å². The minimum absolute atomic E-state index is 0.880. The summed E-state index contributed by atoms with van der Waals surface area (Å²) in [6.07, 6.45) is 0. The summed E-state index contributed by atoms with van der Waals surface area (Å²) in [5.41, 5.74) is 2.34. The molecule has 0 atom stereocenters. The molecule has 0 spiro atoms. The number of likely N-dealkylation sites (N-methyl/N-ethyl adjacent to an activating group) is 1. The van der Waals surface area contributed by atoms with Gasteiger partial charge in [0, 0.05) is 25.0 Å². The van der Waals surface area contributed by atoms with Crippen molar-refractivity contribution in [1.29, 1.82) is 0 Å². The third-order valence-corrected chi connectivity index (χ3v) is 2.99. The Bertz CT molecular complexity index is 333. The number of hydrogen-bond donors (Lipinski definition) is 1. The summed E-state index contributed by atoms with van der Waals surface area (Å²) in [7, 11) is 2.10. The maximum Gasteiger partial charge on any atom is 0.107 e. The molecule has 0 saturated carbocycles. The van der Waals surface area contributed by atoms with E-state index < -0.39 is 0 Å². The maximum atomic E-state index is 4.58. The minimum Gasteiger partial charge on any atom is -0.311 e. The SMILES string of the molecule is C=C(C)CN(C)Cc1csc(CNCC)n1. The van der Waals surface area contributed by atoms with Crippen molar-refractivity contribution < 1.29 is 0 Å². The highest BCUT2D eigenvalue weighted by Gasteiger charge is 2.05. The Labute approximate surface area is 102 Å². The van der Waals surface area contributed by atoms with E-state index in [9.17, 15) is 0 Å². The van der Waals surface area contributed by atoms with Crippen LogP contribution in [0.3, 0.4) is 0 Å². The lowest BCUT2D eigenvalue weighted by atomic mass is 10.3. The van der Waals surface area contributed by atoms with E-state index in [4.69, 9.17) is 0 Å². The lowest BCUT2D eigenvalue weighted by Crippen LogP contribution is -2.19. The first-order valence-electron chi connectivity index (χ1n) is 5.58. The molecule has 0 aromatic carbocycles. The van der Waals surface area contributed by atoms with Crippen LogP contribution in [-0.4, -0.2) is 30.0 Å². The van der Waals surface area contributed by atoms with Gasteiger partial charge in [-0.1, -0.05) is 19.1 Å². The van der Waals surface area contributed by atoms with Gasteiger partial charge in [0.25, 0.3) is 0 Å². The third-order valence-electron chi connectivity index (χ3n) is 2.10. The standard InChI is InChI=1S/C12H21N3S/c1-5-13-6-12-14-11(9-16-12)8-15(4)7-10(2)3/h9,13H,2,5-8H2,1,3-4H3. The second-order valence-electron chi connectivity index (χ2n) is 4.14. The summed E-state index contributed by atoms with van der Waals surface area (Å²) in [6.45, 7) is 11.8. The minimum atomic E-state index is 0.880. The summed E-state index contributed by atoms with van der Waals surface area (Å²) in [5, 5.41) is 6.59. The predicted octanol–water partition coefficient (Wildman–Crippen LogP) is 2.26. The van der Waals surface area contributed by atoms with Crippen LogP contribution < -0.4 is 5.32 Å². The van der Waals surface area contributed by atoms with Crippen molar-refractivity contribution in [2.24, 2.45) is 0 Å². The van der Waals surface area contributed by atoms with Crippen molar-refractivity contribution in [3.8, 4) is 0 Å². The molecule has 0 saturated heterocycles. The topological polar surface area (TPSA) is 28.2 Å². The van der Waals surface area contributed by atoms with Crippen molar-refractivity contribution >= 4 is 11.3 Å². The van der Waals surface area contributed by atoms with Crippen LogP contribution in [0.5, 0.6) is 0 Å². The van der Waals surface area contributed by atoms with Gasteiger partial charge in [0.05, 0.1) is 5.69 Å². The number of hydrogen-bond acceptors (Lipinski definition) is 4. The number of nitrogens with zero attached hydrogens (tertiary/aromatic N) is 2. The Morgan fingerprint density at radius 2 is 2.38 bits per heavy atom. The molecule has 1 N–H and O–H groups in total. The first-order valence-corrected chi connectivity index (χ1v) is 6.46. The quantitative estimate of drug-likeness (QED) is 0.740. The highest BCUT2D eigenvalue weighted by molar-refractivity contribution is 7.09. The Kier molecular flexibility index (Phi) is 5.66. The van der Waals surface area contributed by atoms with Crippen LogP contribution in [0.15, 0.2) is 17.5 Å². The lowest BCUT2D eigenvalue weighted by Gasteiger charge is -2.14. The van der Waals surface area contributed by atoms with E-state index in [0.717, 1.165) is 31.9 Å². The predicted molar refractivity (Wildman–Crippen MR) is 70.6 cm³/mol. The molecule has 1 aromatic heterocycles. The van der Waals surface area contributed by atoms with Gasteiger partial charge >= 0.3 is 0 Å². The Balaban J connectivity index is 2.42. The van der Waals surface area contributed by atoms with Gasteiger partial charge in [0.15, 0.2) is 0 Å². The fourth-order valence-electron chi connectivity index (χ4n) is 1.53. The van der Waals surface area contributed by atoms with Crippen LogP contribution in [0.2, 0.25) is 0 Å². The zero-order chi connectivity index (χ0) is 12.0. The molecule has 1 heterocycles. The molecule has 0 aliphatic rings. The zero-order valence-corrected chi connectivity index (χ0v) is 11.2. The molecule has 0 unspecified atom stereocenters. The summed E-state index contributed by atoms with van der Waals surface area (Å²) in [4.78, 5) is 6.81. The molecule has 1 aromatic rings. The van der Waals surface area contributed by atoms with E-state index in [2.05, 4.69) is 41.1 Å². The van der Waals surface area contributed by atoms with Gasteiger partial charge in [0.2, 0.25) is 0 Å². The van der Waals surface area contributed by atoms with E-state index >= 15 is 0 Å². The first-order chi connectivity index (χ1) is 7.61. The van der Waals surface area contributed by atoms with Crippen molar-refractivity contribution in [2.75, 3.05) is 20.1 Å². The molecule has 3 nitrogen and oxygen atoms in total. The highest BCUT2D eigenvalue weighted by Crippen LogP contribution is 2.11. The van der Waals surface area contributed by atoms with Crippen molar-refractivity contribution in [2.45, 2.75) is 26.9 Å². The molecular formula is C12H21N3S. The molecule has 16 heavy (non-hydrogen) atoms. The molecule has 0 bridgehead atoms. The monoisotopic (exact) mass is 239 g/mol. The number of nitrogens with one attached hydrogen (secondary N) is 1. The normalized spacial score (nSPS) is 11.0. The van der Waals surface area contributed by atoms with E-state index in [-0.39, 0.29) is 0 Å². The smallest absolute Gasteiger partial charge is 0.107 e. The molecular weight excluding hydrogens is 218 g/mol. The highest BCUT2D eigenvalue weighted by atomic mass is 32.1. The maximum absolute atomic E-state index is 4.58. The summed E-state index contributed by atoms with van der Waals surface area (Å²) >= 11 is 1.73. The second-order valence-corrected chi connectivity index (χ2v) is 5.08. The zero-order valence-electron chi connectivity index (χ0n) is 10.4. The van der Waals surface area contributed by atoms with Crippen LogP contribution in [0.1, 0.15) is 24.5 Å². The average molecular weight is 239 g/mol. The van der Waals surface area contributed by atoms with Gasteiger partial charge in [0.1, 0.15) is 5.01 Å². The molecule has 0 aliphatic heterocycles. The van der Waals surface area contributed by atoms with Crippen LogP contribution in [0.25, 0.3) is 0 Å². The Morgan fingerprint density at radius 1 is 1.62 bits per heavy atom. The Hall–Kier alpha value is -0.710. The largest absolute Gasteiger partial charge is 0.311 e. The van der Waals surface area contributed by atoms with Gasteiger partial charge in [-0.15, -0.1) is 11.3 Å². The molecule has 0 aliphatic carbocycles. The van der Waals surface area contributed by atoms with Crippen LogP contribution in [0, 0.1) is 0 Å². The fourth-order valence-corrected chi connectivity index (χ4v) is 2.28. The van der Waals surface area contributed by atoms with E-state index in [0.29, 0.717) is 0 Å². The summed E-state index contributed by atoms with van der Waals surface area (Å²) in [5.74, 6) is 0. The number of thiazole rings is 1. The van der Waals surface area contributed by atoms with Crippen LogP contribution in [0.4, 0.5) is 0 Å². The van der Waals surface area contributed by atoms with Gasteiger partial charge in [-0.05, 0) is 20.5 Å². The van der Waals surface area contributed by atoms with Gasteiger partial charge in [-0.3, -0.25) is 4.90 Å². The summed E-state index contributed by atoms with van der Waals surface area (Å²) < 4.78 is 0. The lowest BCUT2D eigenvalue weighted by molar-refractivity contribution is 0.351. The van der Waals surface area contributed by atoms with Crippen molar-refractivity contribution in [3.05, 3.63) is 28.2 Å². The van der Waals surface area contributed by atoms with Gasteiger partial charge in [-0.2, -0.15) is 0 Å². The molecule has 1 rings (SSSR count). The van der Waals surface area contributed by atoms with E-state index in [1.807, 2.05) is 6.92 Å². The Morgan fingerprint density at radius 3 is 3.00 bits per heavy atom. The fraction of sp³-hybridized carbons (Fsp3) is 0.583. The van der Waals surface area contributed by atoms with Gasteiger partial charge in [-0.25, -0.2) is 4.98 Å². The number of aromatic nitrogens is 1. The first kappa shape index (κ1) is 13.4. The average Bonchev–Trinajstić information content (AvgIpc) is 2.61. The van der Waals surface area contributed by atoms with Crippen molar-refractivity contribution in [1.82, 2.24) is 15.2 Å². The second kappa shape index (κ2) is 6.78.